The van der Waals surface area contributed by atoms with Crippen molar-refractivity contribution in [1.82, 2.24) is 4.90 Å². The van der Waals surface area contributed by atoms with E-state index >= 15 is 0 Å². The van der Waals surface area contributed by atoms with Gasteiger partial charge in [-0.15, -0.1) is 0 Å². The summed E-state index contributed by atoms with van der Waals surface area (Å²) in [4.78, 5) is 17.3. The van der Waals surface area contributed by atoms with Crippen molar-refractivity contribution in [3.63, 3.8) is 0 Å². The number of anilines is 1. The minimum absolute atomic E-state index is 0.0354. The molecule has 2 aliphatic rings. The Bertz CT molecular complexity index is 645. The number of fused-ring (bicyclic) bond motifs is 1. The van der Waals surface area contributed by atoms with E-state index in [-0.39, 0.29) is 6.54 Å². The maximum atomic E-state index is 10.9. The van der Waals surface area contributed by atoms with Crippen LogP contribution in [0.2, 0.25) is 0 Å². The van der Waals surface area contributed by atoms with Crippen molar-refractivity contribution in [2.75, 3.05) is 24.5 Å². The van der Waals surface area contributed by atoms with E-state index in [1.807, 2.05) is 12.1 Å². The first-order valence-electron chi connectivity index (χ1n) is 6.56. The van der Waals surface area contributed by atoms with Crippen molar-refractivity contribution in [2.24, 2.45) is 0 Å². The number of aliphatic carboxylic acids is 1. The molecule has 1 saturated heterocycles. The van der Waals surface area contributed by atoms with Gasteiger partial charge >= 0.3 is 5.97 Å². The first kappa shape index (κ1) is 14.7. The van der Waals surface area contributed by atoms with Crippen LogP contribution in [0.1, 0.15) is 6.92 Å². The summed E-state index contributed by atoms with van der Waals surface area (Å²) >= 11 is 8.55. The van der Waals surface area contributed by atoms with Crippen molar-refractivity contribution >= 4 is 51.7 Å². The fourth-order valence-corrected chi connectivity index (χ4v) is 5.11. The summed E-state index contributed by atoms with van der Waals surface area (Å²) in [5, 5.41) is 10.1. The molecule has 0 atom stereocenters. The second kappa shape index (κ2) is 5.90. The van der Waals surface area contributed by atoms with E-state index in [4.69, 9.17) is 17.3 Å². The molecule has 0 spiro atoms. The third-order valence-corrected chi connectivity index (χ3v) is 6.16. The summed E-state index contributed by atoms with van der Waals surface area (Å²) in [5.74, 6) is -0.848. The lowest BCUT2D eigenvalue weighted by molar-refractivity contribution is -0.137. The predicted octanol–water partition coefficient (Wildman–Crippen LogP) is 3.21. The number of carboxylic acids is 1. The van der Waals surface area contributed by atoms with Crippen LogP contribution in [0.3, 0.4) is 0 Å². The number of carbonyl (C=O) groups is 1. The molecule has 110 valence electrons. The summed E-state index contributed by atoms with van der Waals surface area (Å²) in [6.07, 6.45) is 0. The first-order valence-corrected chi connectivity index (χ1v) is 8.60. The summed E-state index contributed by atoms with van der Waals surface area (Å²) in [6.45, 7) is 3.56. The van der Waals surface area contributed by atoms with Crippen LogP contribution in [-0.4, -0.2) is 39.9 Å². The number of nitrogens with zero attached hydrogens (tertiary/aromatic N) is 2. The standard InChI is InChI=1S/C14H14N2O2S3/c1-2-16-9-5-3-4-6-10(9)20-13(16)11-7-15(8-12(17)18)14(19)21-11/h3-6H,2,7-8H2,1H3,(H,17,18)/b13-11-. The van der Waals surface area contributed by atoms with Gasteiger partial charge in [0.05, 0.1) is 17.3 Å². The summed E-state index contributed by atoms with van der Waals surface area (Å²) in [6, 6.07) is 8.31. The lowest BCUT2D eigenvalue weighted by atomic mass is 10.3. The van der Waals surface area contributed by atoms with E-state index < -0.39 is 5.97 Å². The van der Waals surface area contributed by atoms with Crippen LogP contribution < -0.4 is 4.90 Å². The second-order valence-electron chi connectivity index (χ2n) is 4.66. The molecule has 1 N–H and O–H groups in total. The normalized spacial score (nSPS) is 21.1. The molecule has 2 heterocycles. The molecule has 21 heavy (non-hydrogen) atoms. The number of benzene rings is 1. The monoisotopic (exact) mass is 338 g/mol. The van der Waals surface area contributed by atoms with Crippen LogP contribution >= 0.6 is 35.7 Å². The highest BCUT2D eigenvalue weighted by Crippen LogP contribution is 2.49. The molecule has 0 aromatic heterocycles. The molecule has 0 radical (unpaired) electrons. The lowest BCUT2D eigenvalue weighted by Gasteiger charge is -2.19. The van der Waals surface area contributed by atoms with Gasteiger partial charge in [-0.25, -0.2) is 0 Å². The molecule has 1 aromatic rings. The summed E-state index contributed by atoms with van der Waals surface area (Å²) in [5.41, 5.74) is 1.22. The topological polar surface area (TPSA) is 43.8 Å². The first-order chi connectivity index (χ1) is 10.1. The van der Waals surface area contributed by atoms with Crippen molar-refractivity contribution in [3.05, 3.63) is 34.2 Å². The van der Waals surface area contributed by atoms with Gasteiger partial charge in [0.25, 0.3) is 0 Å². The lowest BCUT2D eigenvalue weighted by Crippen LogP contribution is -2.29. The molecule has 0 aliphatic carbocycles. The Kier molecular flexibility index (Phi) is 4.14. The smallest absolute Gasteiger partial charge is 0.323 e. The molecule has 1 aromatic carbocycles. The fourth-order valence-electron chi connectivity index (χ4n) is 2.39. The number of hydrogen-bond donors (Lipinski definition) is 1. The minimum atomic E-state index is -0.848. The van der Waals surface area contributed by atoms with Crippen LogP contribution in [0.5, 0.6) is 0 Å². The Morgan fingerprint density at radius 1 is 1.38 bits per heavy atom. The highest BCUT2D eigenvalue weighted by Gasteiger charge is 2.32. The van der Waals surface area contributed by atoms with Gasteiger partial charge in [0.2, 0.25) is 0 Å². The molecular weight excluding hydrogens is 324 g/mol. The Labute approximate surface area is 137 Å². The largest absolute Gasteiger partial charge is 0.480 e. The molecule has 0 bridgehead atoms. The van der Waals surface area contributed by atoms with Gasteiger partial charge in [0.1, 0.15) is 10.9 Å². The maximum Gasteiger partial charge on any atom is 0.323 e. The zero-order chi connectivity index (χ0) is 15.0. The van der Waals surface area contributed by atoms with Crippen molar-refractivity contribution < 1.29 is 9.90 Å². The maximum absolute atomic E-state index is 10.9. The third-order valence-electron chi connectivity index (χ3n) is 3.29. The SMILES string of the molecule is CCN1/C(=C2\CN(CC(=O)O)C(=S)S2)Sc2ccccc21. The van der Waals surface area contributed by atoms with Crippen LogP contribution in [0.25, 0.3) is 0 Å². The second-order valence-corrected chi connectivity index (χ2v) is 7.42. The Hall–Kier alpha value is -1.18. The Balaban J connectivity index is 1.90. The molecule has 4 nitrogen and oxygen atoms in total. The third kappa shape index (κ3) is 2.77. The number of para-hydroxylation sites is 1. The Morgan fingerprint density at radius 3 is 2.86 bits per heavy atom. The fraction of sp³-hybridized carbons (Fsp3) is 0.286. The molecule has 2 aliphatic heterocycles. The van der Waals surface area contributed by atoms with Crippen molar-refractivity contribution in [1.29, 1.82) is 0 Å². The molecule has 7 heteroatoms. The van der Waals surface area contributed by atoms with E-state index in [0.29, 0.717) is 10.9 Å². The molecular formula is C14H14N2O2S3. The predicted molar refractivity (Wildman–Crippen MR) is 91.7 cm³/mol. The van der Waals surface area contributed by atoms with Crippen LogP contribution in [-0.2, 0) is 4.79 Å². The van der Waals surface area contributed by atoms with Gasteiger partial charge in [0.15, 0.2) is 0 Å². The van der Waals surface area contributed by atoms with Gasteiger partial charge in [-0.05, 0) is 19.1 Å². The van der Waals surface area contributed by atoms with Crippen molar-refractivity contribution in [2.45, 2.75) is 11.8 Å². The number of hydrogen-bond acceptors (Lipinski definition) is 5. The summed E-state index contributed by atoms with van der Waals surface area (Å²) < 4.78 is 0.646. The molecule has 1 fully saturated rings. The summed E-state index contributed by atoms with van der Waals surface area (Å²) in [7, 11) is 0. The molecule has 3 rings (SSSR count). The minimum Gasteiger partial charge on any atom is -0.480 e. The van der Waals surface area contributed by atoms with E-state index in [1.165, 1.54) is 27.4 Å². The number of thiocarbonyl (C=S) groups is 1. The average molecular weight is 338 g/mol. The number of carboxylic acid groups (broad SMARTS) is 1. The molecule has 0 unspecified atom stereocenters. The number of rotatable bonds is 3. The molecule has 0 saturated carbocycles. The highest BCUT2D eigenvalue weighted by atomic mass is 32.2. The van der Waals surface area contributed by atoms with E-state index in [1.54, 1.807) is 16.7 Å². The van der Waals surface area contributed by atoms with Crippen LogP contribution in [0.15, 0.2) is 39.1 Å². The van der Waals surface area contributed by atoms with Gasteiger partial charge in [0, 0.05) is 16.3 Å². The van der Waals surface area contributed by atoms with Gasteiger partial charge in [-0.2, -0.15) is 0 Å². The van der Waals surface area contributed by atoms with Crippen LogP contribution in [0, 0.1) is 0 Å². The van der Waals surface area contributed by atoms with Crippen molar-refractivity contribution in [3.8, 4) is 0 Å². The van der Waals surface area contributed by atoms with E-state index in [9.17, 15) is 4.79 Å². The van der Waals surface area contributed by atoms with E-state index in [2.05, 4.69) is 24.0 Å². The molecule has 0 amide bonds. The average Bonchev–Trinajstić information content (AvgIpc) is 2.99. The quantitative estimate of drug-likeness (QED) is 0.849. The van der Waals surface area contributed by atoms with Gasteiger partial charge in [-0.3, -0.25) is 4.79 Å². The zero-order valence-electron chi connectivity index (χ0n) is 11.4. The zero-order valence-corrected chi connectivity index (χ0v) is 13.9. The Morgan fingerprint density at radius 2 is 2.14 bits per heavy atom. The number of thioether (sulfide) groups is 2. The van der Waals surface area contributed by atoms with Gasteiger partial charge in [-0.1, -0.05) is 47.9 Å². The van der Waals surface area contributed by atoms with Crippen LogP contribution in [0.4, 0.5) is 5.69 Å². The van der Waals surface area contributed by atoms with E-state index in [0.717, 1.165) is 11.4 Å². The van der Waals surface area contributed by atoms with Gasteiger partial charge < -0.3 is 14.9 Å². The highest BCUT2D eigenvalue weighted by molar-refractivity contribution is 8.26.